The smallest absolute Gasteiger partial charge is 0.339 e. The second kappa shape index (κ2) is 13.5. The molecule has 9 nitrogen and oxygen atoms in total. The number of hydrogen-bond donors (Lipinski definition) is 2. The first-order valence-electron chi connectivity index (χ1n) is 16.7. The number of hydrogen-bond acceptors (Lipinski definition) is 6. The number of carbonyl (C=O) groups excluding carboxylic acids is 1. The fraction of sp³-hybridized carbons (Fsp3) is 0.308. The molecule has 2 aromatic heterocycles. The van der Waals surface area contributed by atoms with Crippen LogP contribution < -0.4 is 9.64 Å². The monoisotopic (exact) mass is 643 g/mol. The van der Waals surface area contributed by atoms with Gasteiger partial charge in [0.15, 0.2) is 0 Å². The second-order valence-electron chi connectivity index (χ2n) is 13.1. The van der Waals surface area contributed by atoms with E-state index in [9.17, 15) is 14.7 Å². The van der Waals surface area contributed by atoms with Gasteiger partial charge in [-0.3, -0.25) is 4.79 Å². The second-order valence-corrected chi connectivity index (χ2v) is 13.1. The molecule has 0 unspecified atom stereocenters. The summed E-state index contributed by atoms with van der Waals surface area (Å²) < 4.78 is 6.09. The van der Waals surface area contributed by atoms with Crippen molar-refractivity contribution in [2.75, 3.05) is 45.2 Å². The largest absolute Gasteiger partial charge is 0.478 e. The van der Waals surface area contributed by atoms with E-state index in [1.165, 1.54) is 16.8 Å². The molecule has 2 fully saturated rings. The third-order valence-corrected chi connectivity index (χ3v) is 9.69. The molecule has 0 spiro atoms. The number of piperidine rings is 1. The van der Waals surface area contributed by atoms with Gasteiger partial charge in [0.05, 0.1) is 18.8 Å². The maximum atomic E-state index is 12.7. The number of ether oxygens (including phenoxy) is 1. The summed E-state index contributed by atoms with van der Waals surface area (Å²) in [6.07, 6.45) is 7.59. The summed E-state index contributed by atoms with van der Waals surface area (Å²) in [7, 11) is 3.88. The number of aromatic amines is 1. The number of carbonyl (C=O) groups is 2. The van der Waals surface area contributed by atoms with E-state index in [2.05, 4.69) is 63.4 Å². The van der Waals surface area contributed by atoms with E-state index in [-0.39, 0.29) is 17.2 Å². The predicted octanol–water partition coefficient (Wildman–Crippen LogP) is 7.33. The highest BCUT2D eigenvalue weighted by atomic mass is 16.5. The zero-order chi connectivity index (χ0) is 33.2. The van der Waals surface area contributed by atoms with Crippen molar-refractivity contribution >= 4 is 28.6 Å². The van der Waals surface area contributed by atoms with Crippen LogP contribution in [-0.2, 0) is 4.79 Å². The lowest BCUT2D eigenvalue weighted by Crippen LogP contribution is -2.42. The van der Waals surface area contributed by atoms with Gasteiger partial charge in [0.2, 0.25) is 5.91 Å². The van der Waals surface area contributed by atoms with E-state index in [0.717, 1.165) is 67.5 Å². The SMILES string of the molecule is CN(C)CC(=O)N1CCC(c2ccccc2[C@H]2CCCN2c2ccc(-c3ccc(C(=O)O)c(Oc4cnc5[nH]ccc5c4)c3)cc2)CC1. The van der Waals surface area contributed by atoms with Crippen LogP contribution in [0.25, 0.3) is 22.2 Å². The molecule has 48 heavy (non-hydrogen) atoms. The molecule has 7 rings (SSSR count). The lowest BCUT2D eigenvalue weighted by atomic mass is 9.84. The standard InChI is InChI=1S/C39H41N5O4/c1-42(2)25-37(45)43-20-16-27(17-21-43)32-6-3-4-7-33(32)35-8-5-19-44(35)30-12-9-26(10-13-30)28-11-14-34(39(46)47)36(23-28)48-31-22-29-15-18-40-38(29)41-24-31/h3-4,6-7,9-15,18,22-24,27,35H,5,8,16-17,19-21,25H2,1-2H3,(H,40,41)(H,46,47)/t35-/m1/s1. The molecule has 2 aliphatic rings. The van der Waals surface area contributed by atoms with Crippen molar-refractivity contribution in [3.63, 3.8) is 0 Å². The number of carboxylic acid groups (broad SMARTS) is 1. The van der Waals surface area contributed by atoms with E-state index in [1.807, 2.05) is 42.1 Å². The third kappa shape index (κ3) is 6.51. The van der Waals surface area contributed by atoms with Crippen molar-refractivity contribution in [2.45, 2.75) is 37.6 Å². The average Bonchev–Trinajstić information content (AvgIpc) is 3.78. The predicted molar refractivity (Wildman–Crippen MR) is 188 cm³/mol. The minimum atomic E-state index is -1.05. The fourth-order valence-electron chi connectivity index (χ4n) is 7.31. The number of likely N-dealkylation sites (N-methyl/N-ethyl adjacent to an activating group) is 1. The summed E-state index contributed by atoms with van der Waals surface area (Å²) in [5, 5.41) is 10.7. The van der Waals surface area contributed by atoms with E-state index in [0.29, 0.717) is 24.3 Å². The number of anilines is 1. The Kier molecular flexibility index (Phi) is 8.86. The minimum Gasteiger partial charge on any atom is -0.478 e. The van der Waals surface area contributed by atoms with Crippen molar-refractivity contribution < 1.29 is 19.4 Å². The van der Waals surface area contributed by atoms with Gasteiger partial charge in [-0.25, -0.2) is 9.78 Å². The highest BCUT2D eigenvalue weighted by Gasteiger charge is 2.31. The van der Waals surface area contributed by atoms with Crippen LogP contribution in [0.5, 0.6) is 11.5 Å². The van der Waals surface area contributed by atoms with Crippen LogP contribution >= 0.6 is 0 Å². The lowest BCUT2D eigenvalue weighted by molar-refractivity contribution is -0.132. The first kappa shape index (κ1) is 31.4. The van der Waals surface area contributed by atoms with Gasteiger partial charge in [-0.1, -0.05) is 42.5 Å². The van der Waals surface area contributed by atoms with Crippen LogP contribution in [0.15, 0.2) is 91.3 Å². The summed E-state index contributed by atoms with van der Waals surface area (Å²) in [5.41, 5.74) is 6.67. The van der Waals surface area contributed by atoms with E-state index < -0.39 is 5.97 Å². The number of fused-ring (bicyclic) bond motifs is 1. The number of amides is 1. The van der Waals surface area contributed by atoms with E-state index in [1.54, 1.807) is 24.5 Å². The Bertz CT molecular complexity index is 1930. The number of nitrogens with one attached hydrogen (secondary N) is 1. The highest BCUT2D eigenvalue weighted by molar-refractivity contribution is 5.92. The Morgan fingerprint density at radius 1 is 0.917 bits per heavy atom. The van der Waals surface area contributed by atoms with E-state index in [4.69, 9.17) is 4.74 Å². The van der Waals surface area contributed by atoms with Crippen LogP contribution in [0, 0.1) is 0 Å². The van der Waals surface area contributed by atoms with Gasteiger partial charge >= 0.3 is 5.97 Å². The summed E-state index contributed by atoms with van der Waals surface area (Å²) in [5.74, 6) is 0.350. The Hall–Kier alpha value is -5.15. The highest BCUT2D eigenvalue weighted by Crippen LogP contribution is 2.42. The molecular weight excluding hydrogens is 602 g/mol. The fourth-order valence-corrected chi connectivity index (χ4v) is 7.31. The van der Waals surface area contributed by atoms with Gasteiger partial charge in [0.25, 0.3) is 0 Å². The topological polar surface area (TPSA) is 102 Å². The molecule has 0 radical (unpaired) electrons. The summed E-state index contributed by atoms with van der Waals surface area (Å²) >= 11 is 0. The number of likely N-dealkylation sites (tertiary alicyclic amines) is 1. The Morgan fingerprint density at radius 3 is 2.42 bits per heavy atom. The summed E-state index contributed by atoms with van der Waals surface area (Å²) in [4.78, 5) is 38.6. The Morgan fingerprint density at radius 2 is 1.67 bits per heavy atom. The summed E-state index contributed by atoms with van der Waals surface area (Å²) in [6, 6.07) is 26.7. The van der Waals surface area contributed by atoms with Gasteiger partial charge in [-0.15, -0.1) is 0 Å². The normalized spacial score (nSPS) is 16.9. The molecule has 1 atom stereocenters. The molecular formula is C39H41N5O4. The van der Waals surface area contributed by atoms with Crippen LogP contribution in [0.2, 0.25) is 0 Å². The number of carboxylic acids is 1. The zero-order valence-corrected chi connectivity index (χ0v) is 27.4. The zero-order valence-electron chi connectivity index (χ0n) is 27.4. The first-order valence-corrected chi connectivity index (χ1v) is 16.7. The number of pyridine rings is 1. The van der Waals surface area contributed by atoms with Crippen molar-refractivity contribution in [2.24, 2.45) is 0 Å². The molecule has 246 valence electrons. The van der Waals surface area contributed by atoms with Crippen LogP contribution in [-0.4, -0.2) is 77.0 Å². The van der Waals surface area contributed by atoms with Gasteiger partial charge in [-0.05, 0) is 104 Å². The van der Waals surface area contributed by atoms with Crippen LogP contribution in [0.4, 0.5) is 5.69 Å². The number of H-pyrrole nitrogens is 1. The molecule has 0 saturated carbocycles. The maximum Gasteiger partial charge on any atom is 0.339 e. The molecule has 4 heterocycles. The molecule has 5 aromatic rings. The van der Waals surface area contributed by atoms with Crippen LogP contribution in [0.1, 0.15) is 59.1 Å². The average molecular weight is 644 g/mol. The minimum absolute atomic E-state index is 0.0916. The number of benzene rings is 3. The summed E-state index contributed by atoms with van der Waals surface area (Å²) in [6.45, 7) is 3.06. The van der Waals surface area contributed by atoms with Crippen molar-refractivity contribution in [3.05, 3.63) is 108 Å². The van der Waals surface area contributed by atoms with Gasteiger partial charge in [-0.2, -0.15) is 0 Å². The van der Waals surface area contributed by atoms with Gasteiger partial charge in [0, 0.05) is 36.9 Å². The van der Waals surface area contributed by atoms with Crippen molar-refractivity contribution in [1.82, 2.24) is 19.8 Å². The molecule has 3 aromatic carbocycles. The number of aromatic carboxylic acids is 1. The number of aromatic nitrogens is 2. The van der Waals surface area contributed by atoms with E-state index >= 15 is 0 Å². The lowest BCUT2D eigenvalue weighted by Gasteiger charge is -2.35. The molecule has 0 bridgehead atoms. The number of nitrogens with zero attached hydrogens (tertiary/aromatic N) is 4. The quantitative estimate of drug-likeness (QED) is 0.173. The Labute approximate surface area is 280 Å². The molecule has 2 saturated heterocycles. The molecule has 9 heteroatoms. The Balaban J connectivity index is 1.09. The number of rotatable bonds is 9. The molecule has 2 N–H and O–H groups in total. The molecule has 2 aliphatic heterocycles. The molecule has 1 amide bonds. The third-order valence-electron chi connectivity index (χ3n) is 9.69. The van der Waals surface area contributed by atoms with Crippen LogP contribution in [0.3, 0.4) is 0 Å². The van der Waals surface area contributed by atoms with Gasteiger partial charge in [0.1, 0.15) is 22.7 Å². The molecule has 0 aliphatic carbocycles. The van der Waals surface area contributed by atoms with Crippen molar-refractivity contribution in [1.29, 1.82) is 0 Å². The first-order chi connectivity index (χ1) is 23.3. The van der Waals surface area contributed by atoms with Crippen molar-refractivity contribution in [3.8, 4) is 22.6 Å². The maximum absolute atomic E-state index is 12.7. The van der Waals surface area contributed by atoms with Gasteiger partial charge < -0.3 is 29.5 Å².